The molecule has 0 spiro atoms. The highest BCUT2D eigenvalue weighted by Crippen LogP contribution is 2.16. The summed E-state index contributed by atoms with van der Waals surface area (Å²) in [5, 5.41) is 6.21. The van der Waals surface area contributed by atoms with Gasteiger partial charge >= 0.3 is 0 Å². The molecule has 20 heavy (non-hydrogen) atoms. The van der Waals surface area contributed by atoms with Gasteiger partial charge in [0.25, 0.3) is 0 Å². The van der Waals surface area contributed by atoms with Gasteiger partial charge in [-0.05, 0) is 29.7 Å². The van der Waals surface area contributed by atoms with Crippen LogP contribution in [0.5, 0.6) is 0 Å². The number of amides is 1. The van der Waals surface area contributed by atoms with Crippen LogP contribution in [0.3, 0.4) is 0 Å². The van der Waals surface area contributed by atoms with E-state index in [1.165, 1.54) is 11.1 Å². The van der Waals surface area contributed by atoms with Gasteiger partial charge in [0.05, 0.1) is 18.3 Å². The quantitative estimate of drug-likeness (QED) is 0.884. The Morgan fingerprint density at radius 1 is 1.20 bits per heavy atom. The smallest absolute Gasteiger partial charge is 0.237 e. The Balaban J connectivity index is 1.59. The first-order valence-corrected chi connectivity index (χ1v) is 6.81. The molecule has 0 unspecified atom stereocenters. The predicted molar refractivity (Wildman–Crippen MR) is 76.9 cm³/mol. The van der Waals surface area contributed by atoms with E-state index in [0.29, 0.717) is 6.54 Å². The minimum absolute atomic E-state index is 0.0326. The van der Waals surface area contributed by atoms with E-state index < -0.39 is 0 Å². The molecule has 1 aromatic carbocycles. The molecule has 0 bridgehead atoms. The fourth-order valence-corrected chi connectivity index (χ4v) is 2.44. The van der Waals surface area contributed by atoms with Crippen LogP contribution >= 0.6 is 0 Å². The van der Waals surface area contributed by atoms with Gasteiger partial charge in [-0.25, -0.2) is 0 Å². The third-order valence-electron chi connectivity index (χ3n) is 3.57. The number of nitrogens with one attached hydrogen (secondary N) is 2. The van der Waals surface area contributed by atoms with Crippen LogP contribution < -0.4 is 10.6 Å². The molecule has 0 saturated carbocycles. The highest BCUT2D eigenvalue weighted by atomic mass is 16.2. The largest absolute Gasteiger partial charge is 0.349 e. The number of carbonyl (C=O) groups is 1. The molecule has 0 saturated heterocycles. The molecule has 1 amide bonds. The van der Waals surface area contributed by atoms with Crippen LogP contribution in [0.15, 0.2) is 48.7 Å². The lowest BCUT2D eigenvalue weighted by Crippen LogP contribution is -2.47. The predicted octanol–water partition coefficient (Wildman–Crippen LogP) is 1.41. The average Bonchev–Trinajstić information content (AvgIpc) is 2.53. The second-order valence-corrected chi connectivity index (χ2v) is 4.95. The van der Waals surface area contributed by atoms with Gasteiger partial charge < -0.3 is 10.6 Å². The van der Waals surface area contributed by atoms with Crippen LogP contribution in [-0.4, -0.2) is 16.9 Å². The van der Waals surface area contributed by atoms with Gasteiger partial charge in [-0.1, -0.05) is 30.3 Å². The van der Waals surface area contributed by atoms with Crippen molar-refractivity contribution in [3.8, 4) is 0 Å². The lowest BCUT2D eigenvalue weighted by Gasteiger charge is -2.25. The fourth-order valence-electron chi connectivity index (χ4n) is 2.44. The van der Waals surface area contributed by atoms with Crippen molar-refractivity contribution >= 4 is 5.91 Å². The summed E-state index contributed by atoms with van der Waals surface area (Å²) in [5.74, 6) is 0.0326. The molecule has 2 heterocycles. The summed E-state index contributed by atoms with van der Waals surface area (Å²) >= 11 is 0. The fraction of sp³-hybridized carbons (Fsp3) is 0.250. The van der Waals surface area contributed by atoms with E-state index in [1.807, 2.05) is 30.3 Å². The van der Waals surface area contributed by atoms with E-state index in [4.69, 9.17) is 0 Å². The molecule has 4 nitrogen and oxygen atoms in total. The maximum atomic E-state index is 12.2. The topological polar surface area (TPSA) is 54.0 Å². The highest BCUT2D eigenvalue weighted by Gasteiger charge is 2.23. The van der Waals surface area contributed by atoms with Crippen molar-refractivity contribution in [2.75, 3.05) is 0 Å². The summed E-state index contributed by atoms with van der Waals surface area (Å²) in [5.41, 5.74) is 3.41. The van der Waals surface area contributed by atoms with Crippen molar-refractivity contribution in [3.05, 3.63) is 65.5 Å². The number of benzene rings is 1. The zero-order valence-corrected chi connectivity index (χ0v) is 11.2. The SMILES string of the molecule is O=C(NCc1ccccn1)[C@@H]1Cc2ccccc2CN1. The number of rotatable bonds is 3. The maximum Gasteiger partial charge on any atom is 0.237 e. The van der Waals surface area contributed by atoms with Crippen LogP contribution in [-0.2, 0) is 24.3 Å². The highest BCUT2D eigenvalue weighted by molar-refractivity contribution is 5.82. The molecule has 0 radical (unpaired) electrons. The van der Waals surface area contributed by atoms with Gasteiger partial charge in [0, 0.05) is 12.7 Å². The molecule has 2 N–H and O–H groups in total. The Bertz CT molecular complexity index is 598. The Morgan fingerprint density at radius 3 is 2.80 bits per heavy atom. The van der Waals surface area contributed by atoms with E-state index in [-0.39, 0.29) is 11.9 Å². The first-order valence-electron chi connectivity index (χ1n) is 6.81. The van der Waals surface area contributed by atoms with E-state index in [9.17, 15) is 4.79 Å². The molecule has 3 rings (SSSR count). The molecule has 1 aliphatic rings. The third-order valence-corrected chi connectivity index (χ3v) is 3.57. The molecular formula is C16H17N3O. The Labute approximate surface area is 118 Å². The molecule has 4 heteroatoms. The maximum absolute atomic E-state index is 12.2. The first kappa shape index (κ1) is 12.8. The Hall–Kier alpha value is -2.20. The monoisotopic (exact) mass is 267 g/mol. The number of nitrogens with zero attached hydrogens (tertiary/aromatic N) is 1. The number of hydrogen-bond acceptors (Lipinski definition) is 3. The molecular weight excluding hydrogens is 250 g/mol. The van der Waals surface area contributed by atoms with Crippen LogP contribution in [0.1, 0.15) is 16.8 Å². The minimum atomic E-state index is -0.159. The molecule has 1 aliphatic heterocycles. The number of fused-ring (bicyclic) bond motifs is 1. The van der Waals surface area contributed by atoms with Crippen molar-refractivity contribution < 1.29 is 4.79 Å². The van der Waals surface area contributed by atoms with Crippen molar-refractivity contribution in [1.82, 2.24) is 15.6 Å². The summed E-state index contributed by atoms with van der Waals surface area (Å²) < 4.78 is 0. The standard InChI is InChI=1S/C16H17N3O/c20-16(19-11-14-7-3-4-8-17-14)15-9-12-5-1-2-6-13(12)10-18-15/h1-8,15,18H,9-11H2,(H,19,20)/t15-/m0/s1. The van der Waals surface area contributed by atoms with E-state index in [2.05, 4.69) is 27.8 Å². The summed E-state index contributed by atoms with van der Waals surface area (Å²) in [7, 11) is 0. The van der Waals surface area contributed by atoms with E-state index in [1.54, 1.807) is 6.20 Å². The second kappa shape index (κ2) is 5.84. The number of aromatic nitrogens is 1. The first-order chi connectivity index (χ1) is 9.83. The zero-order valence-electron chi connectivity index (χ0n) is 11.2. The molecule has 1 aromatic heterocycles. The van der Waals surface area contributed by atoms with Crippen molar-refractivity contribution in [2.24, 2.45) is 0 Å². The Kier molecular flexibility index (Phi) is 3.74. The second-order valence-electron chi connectivity index (χ2n) is 4.95. The number of pyridine rings is 1. The van der Waals surface area contributed by atoms with Gasteiger partial charge in [-0.2, -0.15) is 0 Å². The average molecular weight is 267 g/mol. The van der Waals surface area contributed by atoms with Crippen LogP contribution in [0.2, 0.25) is 0 Å². The van der Waals surface area contributed by atoms with Crippen molar-refractivity contribution in [3.63, 3.8) is 0 Å². The summed E-state index contributed by atoms with van der Waals surface area (Å²) in [4.78, 5) is 16.4. The molecule has 2 aromatic rings. The number of hydrogen-bond donors (Lipinski definition) is 2. The summed E-state index contributed by atoms with van der Waals surface area (Å²) in [6, 6.07) is 13.8. The zero-order chi connectivity index (χ0) is 13.8. The van der Waals surface area contributed by atoms with Crippen molar-refractivity contribution in [1.29, 1.82) is 0 Å². The van der Waals surface area contributed by atoms with Gasteiger partial charge in [0.2, 0.25) is 5.91 Å². The molecule has 0 aliphatic carbocycles. The summed E-state index contributed by atoms with van der Waals surface area (Å²) in [6.07, 6.45) is 2.47. The van der Waals surface area contributed by atoms with Gasteiger partial charge in [-0.3, -0.25) is 9.78 Å². The van der Waals surface area contributed by atoms with E-state index >= 15 is 0 Å². The van der Waals surface area contributed by atoms with Gasteiger partial charge in [0.15, 0.2) is 0 Å². The molecule has 1 atom stereocenters. The lowest BCUT2D eigenvalue weighted by atomic mass is 9.95. The van der Waals surface area contributed by atoms with Gasteiger partial charge in [0.1, 0.15) is 0 Å². The Morgan fingerprint density at radius 2 is 2.00 bits per heavy atom. The molecule has 102 valence electrons. The van der Waals surface area contributed by atoms with Crippen LogP contribution in [0, 0.1) is 0 Å². The lowest BCUT2D eigenvalue weighted by molar-refractivity contribution is -0.123. The van der Waals surface area contributed by atoms with Crippen molar-refractivity contribution in [2.45, 2.75) is 25.6 Å². The van der Waals surface area contributed by atoms with Crippen LogP contribution in [0.25, 0.3) is 0 Å². The number of carbonyl (C=O) groups excluding carboxylic acids is 1. The van der Waals surface area contributed by atoms with E-state index in [0.717, 1.165) is 18.7 Å². The molecule has 0 fully saturated rings. The summed E-state index contributed by atoms with van der Waals surface area (Å²) in [6.45, 7) is 1.22. The van der Waals surface area contributed by atoms with Gasteiger partial charge in [-0.15, -0.1) is 0 Å². The normalized spacial score (nSPS) is 17.3. The third kappa shape index (κ3) is 2.86. The van der Waals surface area contributed by atoms with Crippen LogP contribution in [0.4, 0.5) is 0 Å². The minimum Gasteiger partial charge on any atom is -0.349 e.